The van der Waals surface area contributed by atoms with E-state index in [-0.39, 0.29) is 11.9 Å². The first-order valence-corrected chi connectivity index (χ1v) is 4.54. The Morgan fingerprint density at radius 3 is 3.07 bits per heavy atom. The van der Waals surface area contributed by atoms with Crippen LogP contribution in [0.3, 0.4) is 0 Å². The van der Waals surface area contributed by atoms with E-state index in [0.29, 0.717) is 6.54 Å². The molecule has 6 nitrogen and oxygen atoms in total. The molecule has 1 amide bonds. The van der Waals surface area contributed by atoms with Crippen LogP contribution < -0.4 is 11.1 Å². The highest BCUT2D eigenvalue weighted by molar-refractivity contribution is 5.79. The van der Waals surface area contributed by atoms with Crippen molar-refractivity contribution in [1.29, 1.82) is 0 Å². The first-order chi connectivity index (χ1) is 6.65. The van der Waals surface area contributed by atoms with Gasteiger partial charge in [-0.3, -0.25) is 10.1 Å². The number of carbonyl (C=O) groups excluding carboxylic acids is 1. The predicted octanol–water partition coefficient (Wildman–Crippen LogP) is -0.739. The van der Waals surface area contributed by atoms with Gasteiger partial charge in [-0.05, 0) is 13.8 Å². The van der Waals surface area contributed by atoms with Gasteiger partial charge in [0, 0.05) is 6.54 Å². The summed E-state index contributed by atoms with van der Waals surface area (Å²) in [5, 5.41) is 6.97. The van der Waals surface area contributed by atoms with Gasteiger partial charge in [0.25, 0.3) is 0 Å². The van der Waals surface area contributed by atoms with Crippen LogP contribution in [0.5, 0.6) is 0 Å². The lowest BCUT2D eigenvalue weighted by molar-refractivity contribution is -0.119. The molecule has 6 heteroatoms. The molecule has 1 aromatic rings. The third-order valence-electron chi connectivity index (χ3n) is 1.99. The highest BCUT2D eigenvalue weighted by Gasteiger charge is 2.09. The molecule has 0 aromatic carbocycles. The predicted molar refractivity (Wildman–Crippen MR) is 51.2 cm³/mol. The van der Waals surface area contributed by atoms with E-state index in [9.17, 15) is 4.79 Å². The molecule has 0 fully saturated rings. The maximum absolute atomic E-state index is 10.7. The molecule has 1 rings (SSSR count). The summed E-state index contributed by atoms with van der Waals surface area (Å²) < 4.78 is 1.76. The van der Waals surface area contributed by atoms with E-state index < -0.39 is 0 Å². The Morgan fingerprint density at radius 2 is 2.50 bits per heavy atom. The summed E-state index contributed by atoms with van der Waals surface area (Å²) in [7, 11) is 0. The highest BCUT2D eigenvalue weighted by Crippen LogP contribution is 1.93. The second-order valence-corrected chi connectivity index (χ2v) is 3.00. The van der Waals surface area contributed by atoms with Gasteiger partial charge in [0.05, 0.1) is 12.6 Å². The van der Waals surface area contributed by atoms with Crippen molar-refractivity contribution in [3.05, 3.63) is 12.2 Å². The van der Waals surface area contributed by atoms with Crippen LogP contribution in [0, 0.1) is 0 Å². The summed E-state index contributed by atoms with van der Waals surface area (Å²) in [4.78, 5) is 14.8. The Kier molecular flexibility index (Phi) is 3.58. The average molecular weight is 197 g/mol. The second kappa shape index (κ2) is 4.71. The fraction of sp³-hybridized carbons (Fsp3) is 0.625. The zero-order valence-corrected chi connectivity index (χ0v) is 8.40. The van der Waals surface area contributed by atoms with Crippen molar-refractivity contribution in [3.63, 3.8) is 0 Å². The Morgan fingerprint density at radius 1 is 1.79 bits per heavy atom. The minimum atomic E-state index is -0.368. The fourth-order valence-electron chi connectivity index (χ4n) is 1.03. The van der Waals surface area contributed by atoms with Crippen molar-refractivity contribution in [1.82, 2.24) is 20.1 Å². The number of aryl methyl sites for hydroxylation is 1. The SMILES string of the molecule is CCn1ncnc1CNC(C)C(N)=O. The number of amides is 1. The van der Waals surface area contributed by atoms with Gasteiger partial charge in [-0.1, -0.05) is 0 Å². The van der Waals surface area contributed by atoms with Crippen molar-refractivity contribution in [2.75, 3.05) is 0 Å². The van der Waals surface area contributed by atoms with Crippen molar-refractivity contribution in [2.45, 2.75) is 33.0 Å². The summed E-state index contributed by atoms with van der Waals surface area (Å²) in [6.07, 6.45) is 1.50. The number of nitrogens with one attached hydrogen (secondary N) is 1. The van der Waals surface area contributed by atoms with Crippen LogP contribution in [0.4, 0.5) is 0 Å². The maximum Gasteiger partial charge on any atom is 0.234 e. The van der Waals surface area contributed by atoms with Gasteiger partial charge in [0.1, 0.15) is 12.2 Å². The molecule has 0 saturated carbocycles. The van der Waals surface area contributed by atoms with Crippen LogP contribution in [-0.2, 0) is 17.9 Å². The molecule has 0 radical (unpaired) electrons. The topological polar surface area (TPSA) is 85.8 Å². The standard InChI is InChI=1S/C8H15N5O/c1-3-13-7(11-5-12-13)4-10-6(2)8(9)14/h5-6,10H,3-4H2,1-2H3,(H2,9,14). The van der Waals surface area contributed by atoms with Crippen LogP contribution in [0.15, 0.2) is 6.33 Å². The molecular formula is C8H15N5O. The monoisotopic (exact) mass is 197 g/mol. The normalized spacial score (nSPS) is 12.7. The van der Waals surface area contributed by atoms with Crippen molar-refractivity contribution >= 4 is 5.91 Å². The second-order valence-electron chi connectivity index (χ2n) is 3.00. The van der Waals surface area contributed by atoms with E-state index in [1.165, 1.54) is 6.33 Å². The fourth-order valence-corrected chi connectivity index (χ4v) is 1.03. The molecule has 1 heterocycles. The van der Waals surface area contributed by atoms with Crippen LogP contribution in [-0.4, -0.2) is 26.7 Å². The largest absolute Gasteiger partial charge is 0.368 e. The van der Waals surface area contributed by atoms with E-state index in [1.807, 2.05) is 6.92 Å². The van der Waals surface area contributed by atoms with Gasteiger partial charge in [-0.25, -0.2) is 9.67 Å². The number of hydrogen-bond acceptors (Lipinski definition) is 4. The molecule has 0 saturated heterocycles. The Balaban J connectivity index is 2.49. The number of rotatable bonds is 5. The summed E-state index contributed by atoms with van der Waals surface area (Å²) in [6.45, 7) is 4.96. The molecule has 0 spiro atoms. The number of carbonyl (C=O) groups is 1. The van der Waals surface area contributed by atoms with Crippen molar-refractivity contribution < 1.29 is 4.79 Å². The number of nitrogens with two attached hydrogens (primary N) is 1. The van der Waals surface area contributed by atoms with Crippen LogP contribution in [0.1, 0.15) is 19.7 Å². The van der Waals surface area contributed by atoms with Crippen LogP contribution in [0.2, 0.25) is 0 Å². The summed E-state index contributed by atoms with van der Waals surface area (Å²) in [6, 6.07) is -0.350. The first-order valence-electron chi connectivity index (χ1n) is 4.54. The zero-order chi connectivity index (χ0) is 10.6. The lowest BCUT2D eigenvalue weighted by Gasteiger charge is -2.09. The molecule has 3 N–H and O–H groups in total. The molecular weight excluding hydrogens is 182 g/mol. The van der Waals surface area contributed by atoms with Gasteiger partial charge in [0.2, 0.25) is 5.91 Å². The smallest absolute Gasteiger partial charge is 0.234 e. The third kappa shape index (κ3) is 2.53. The minimum Gasteiger partial charge on any atom is -0.368 e. The molecule has 78 valence electrons. The lowest BCUT2D eigenvalue weighted by atomic mass is 10.3. The molecule has 0 aliphatic carbocycles. The van der Waals surface area contributed by atoms with Gasteiger partial charge < -0.3 is 5.73 Å². The van der Waals surface area contributed by atoms with E-state index in [1.54, 1.807) is 11.6 Å². The van der Waals surface area contributed by atoms with E-state index in [4.69, 9.17) is 5.73 Å². The van der Waals surface area contributed by atoms with E-state index in [2.05, 4.69) is 15.4 Å². The quantitative estimate of drug-likeness (QED) is 0.651. The van der Waals surface area contributed by atoms with Crippen molar-refractivity contribution in [3.8, 4) is 0 Å². The molecule has 0 bridgehead atoms. The Labute approximate surface area is 82.5 Å². The van der Waals surface area contributed by atoms with Gasteiger partial charge in [-0.2, -0.15) is 5.10 Å². The molecule has 0 aliphatic rings. The summed E-state index contributed by atoms with van der Waals surface area (Å²) in [5.74, 6) is 0.438. The summed E-state index contributed by atoms with van der Waals surface area (Å²) >= 11 is 0. The minimum absolute atomic E-state index is 0.350. The molecule has 1 atom stereocenters. The Hall–Kier alpha value is -1.43. The van der Waals surface area contributed by atoms with Crippen LogP contribution >= 0.6 is 0 Å². The van der Waals surface area contributed by atoms with Crippen molar-refractivity contribution in [2.24, 2.45) is 5.73 Å². The molecule has 1 unspecified atom stereocenters. The average Bonchev–Trinajstić information content (AvgIpc) is 2.60. The molecule has 1 aromatic heterocycles. The third-order valence-corrected chi connectivity index (χ3v) is 1.99. The number of primary amides is 1. The molecule has 14 heavy (non-hydrogen) atoms. The number of hydrogen-bond donors (Lipinski definition) is 2. The van der Waals surface area contributed by atoms with E-state index in [0.717, 1.165) is 12.4 Å². The van der Waals surface area contributed by atoms with Gasteiger partial charge in [0.15, 0.2) is 0 Å². The zero-order valence-electron chi connectivity index (χ0n) is 8.40. The number of aromatic nitrogens is 3. The molecule has 0 aliphatic heterocycles. The summed E-state index contributed by atoms with van der Waals surface area (Å²) in [5.41, 5.74) is 5.10. The van der Waals surface area contributed by atoms with Crippen LogP contribution in [0.25, 0.3) is 0 Å². The van der Waals surface area contributed by atoms with Gasteiger partial charge >= 0.3 is 0 Å². The Bertz CT molecular complexity index is 308. The maximum atomic E-state index is 10.7. The van der Waals surface area contributed by atoms with Gasteiger partial charge in [-0.15, -0.1) is 0 Å². The number of nitrogens with zero attached hydrogens (tertiary/aromatic N) is 3. The van der Waals surface area contributed by atoms with E-state index >= 15 is 0 Å². The highest BCUT2D eigenvalue weighted by atomic mass is 16.1. The lowest BCUT2D eigenvalue weighted by Crippen LogP contribution is -2.38. The first kappa shape index (κ1) is 10.6.